The fourth-order valence-electron chi connectivity index (χ4n) is 3.26. The van der Waals surface area contributed by atoms with E-state index < -0.39 is 29.0 Å². The van der Waals surface area contributed by atoms with Gasteiger partial charge in [-0.25, -0.2) is 13.6 Å². The minimum atomic E-state index is -0.953. The monoisotopic (exact) mass is 393 g/mol. The summed E-state index contributed by atoms with van der Waals surface area (Å²) in [5.74, 6) is -2.35. The fraction of sp³-hybridized carbons (Fsp3) is 0.368. The lowest BCUT2D eigenvalue weighted by molar-refractivity contribution is 0.0885. The van der Waals surface area contributed by atoms with Crippen LogP contribution in [0.5, 0.6) is 5.75 Å². The van der Waals surface area contributed by atoms with Gasteiger partial charge < -0.3 is 19.7 Å². The van der Waals surface area contributed by atoms with Gasteiger partial charge in [-0.05, 0) is 17.2 Å². The predicted molar refractivity (Wildman–Crippen MR) is 97.1 cm³/mol. The molecule has 28 heavy (non-hydrogen) atoms. The van der Waals surface area contributed by atoms with Crippen molar-refractivity contribution >= 4 is 6.09 Å². The number of nitrogens with zero attached hydrogens (tertiary/aromatic N) is 2. The Labute approximate surface area is 160 Å². The number of nitrogens with one attached hydrogen (secondary N) is 1. The average Bonchev–Trinajstić information content (AvgIpc) is 2.70. The van der Waals surface area contributed by atoms with E-state index in [9.17, 15) is 23.5 Å². The van der Waals surface area contributed by atoms with E-state index in [0.29, 0.717) is 37.3 Å². The molecule has 1 aromatic carbocycles. The first-order valence-electron chi connectivity index (χ1n) is 8.81. The van der Waals surface area contributed by atoms with Crippen LogP contribution in [0, 0.1) is 11.6 Å². The zero-order valence-electron chi connectivity index (χ0n) is 15.4. The number of pyridine rings is 1. The molecule has 9 heteroatoms. The van der Waals surface area contributed by atoms with Crippen molar-refractivity contribution in [3.63, 3.8) is 0 Å². The second-order valence-corrected chi connectivity index (χ2v) is 6.59. The fourth-order valence-corrected chi connectivity index (χ4v) is 3.26. The van der Waals surface area contributed by atoms with Gasteiger partial charge in [0.15, 0.2) is 17.4 Å². The van der Waals surface area contributed by atoms with Crippen LogP contribution in [0.25, 0.3) is 0 Å². The van der Waals surface area contributed by atoms with Crippen molar-refractivity contribution in [3.8, 4) is 5.75 Å². The van der Waals surface area contributed by atoms with Gasteiger partial charge in [0.2, 0.25) is 0 Å². The molecule has 0 bridgehead atoms. The van der Waals surface area contributed by atoms with Crippen molar-refractivity contribution < 1.29 is 23.4 Å². The first-order chi connectivity index (χ1) is 13.4. The van der Waals surface area contributed by atoms with Crippen LogP contribution in [0.3, 0.4) is 0 Å². The molecule has 1 amide bonds. The third-order valence-corrected chi connectivity index (χ3v) is 4.87. The van der Waals surface area contributed by atoms with Crippen molar-refractivity contribution in [2.24, 2.45) is 0 Å². The Morgan fingerprint density at radius 3 is 2.61 bits per heavy atom. The molecule has 0 atom stereocenters. The van der Waals surface area contributed by atoms with E-state index in [2.05, 4.69) is 4.98 Å². The van der Waals surface area contributed by atoms with Gasteiger partial charge in [0, 0.05) is 50.9 Å². The quantitative estimate of drug-likeness (QED) is 0.828. The summed E-state index contributed by atoms with van der Waals surface area (Å²) in [6.45, 7) is 2.19. The minimum Gasteiger partial charge on any atom is -0.503 e. The number of benzene rings is 1. The van der Waals surface area contributed by atoms with Crippen LogP contribution in [0.2, 0.25) is 0 Å². The predicted octanol–water partition coefficient (Wildman–Crippen LogP) is 1.83. The van der Waals surface area contributed by atoms with Crippen LogP contribution in [-0.4, -0.2) is 59.3 Å². The maximum absolute atomic E-state index is 14.0. The number of carbonyl (C=O) groups excluding carboxylic acids is 1. The normalized spacial score (nSPS) is 14.9. The highest BCUT2D eigenvalue weighted by atomic mass is 19.2. The SMILES string of the molecule is COC(=O)N1CCN(Cc2c(Cc3cccc(F)c3F)c[nH]c(=O)c2O)CC1. The molecule has 0 spiro atoms. The van der Waals surface area contributed by atoms with E-state index in [4.69, 9.17) is 4.74 Å². The smallest absolute Gasteiger partial charge is 0.409 e. The molecule has 0 radical (unpaired) electrons. The number of piperazine rings is 1. The number of aromatic amines is 1. The summed E-state index contributed by atoms with van der Waals surface area (Å²) in [6.07, 6.45) is 1.03. The third kappa shape index (κ3) is 4.14. The topological polar surface area (TPSA) is 85.9 Å². The van der Waals surface area contributed by atoms with E-state index in [1.165, 1.54) is 25.4 Å². The first-order valence-corrected chi connectivity index (χ1v) is 8.81. The minimum absolute atomic E-state index is 0.0192. The summed E-state index contributed by atoms with van der Waals surface area (Å²) in [5.41, 5.74) is 0.339. The molecule has 1 aromatic heterocycles. The number of hydrogen-bond donors (Lipinski definition) is 2. The van der Waals surface area contributed by atoms with Crippen LogP contribution >= 0.6 is 0 Å². The lowest BCUT2D eigenvalue weighted by atomic mass is 10.00. The van der Waals surface area contributed by atoms with Crippen molar-refractivity contribution in [3.05, 3.63) is 63.1 Å². The number of aromatic hydroxyl groups is 1. The van der Waals surface area contributed by atoms with E-state index >= 15 is 0 Å². The summed E-state index contributed by atoms with van der Waals surface area (Å²) >= 11 is 0. The molecule has 0 saturated carbocycles. The molecule has 2 N–H and O–H groups in total. The Morgan fingerprint density at radius 1 is 1.21 bits per heavy atom. The van der Waals surface area contributed by atoms with Gasteiger partial charge in [-0.3, -0.25) is 9.69 Å². The van der Waals surface area contributed by atoms with Crippen molar-refractivity contribution in [2.75, 3.05) is 33.3 Å². The number of halogens is 2. The number of aromatic nitrogens is 1. The maximum atomic E-state index is 14.0. The lowest BCUT2D eigenvalue weighted by Gasteiger charge is -2.34. The molecule has 3 rings (SSSR count). The van der Waals surface area contributed by atoms with Crippen LogP contribution < -0.4 is 5.56 Å². The van der Waals surface area contributed by atoms with Gasteiger partial charge in [-0.2, -0.15) is 0 Å². The number of H-pyrrole nitrogens is 1. The molecule has 0 aliphatic carbocycles. The van der Waals surface area contributed by atoms with Crippen LogP contribution in [0.15, 0.2) is 29.2 Å². The Bertz CT molecular complexity index is 924. The number of rotatable bonds is 4. The van der Waals surface area contributed by atoms with Crippen molar-refractivity contribution in [2.45, 2.75) is 13.0 Å². The van der Waals surface area contributed by atoms with Gasteiger partial charge in [-0.15, -0.1) is 0 Å². The van der Waals surface area contributed by atoms with E-state index in [1.807, 2.05) is 4.90 Å². The van der Waals surface area contributed by atoms with E-state index in [-0.39, 0.29) is 18.5 Å². The standard InChI is InChI=1S/C19H21F2N3O4/c1-28-19(27)24-7-5-23(6-8-24)11-14-13(10-22-18(26)17(14)25)9-12-3-2-4-15(20)16(12)21/h2-4,10,25H,5-9,11H2,1H3,(H,22,26). The van der Waals surface area contributed by atoms with Gasteiger partial charge >= 0.3 is 6.09 Å². The summed E-state index contributed by atoms with van der Waals surface area (Å²) in [5, 5.41) is 10.3. The summed E-state index contributed by atoms with van der Waals surface area (Å²) < 4.78 is 32.2. The number of carbonyl (C=O) groups is 1. The Kier molecular flexibility index (Phi) is 5.93. The molecule has 2 heterocycles. The van der Waals surface area contributed by atoms with Crippen LogP contribution in [0.1, 0.15) is 16.7 Å². The summed E-state index contributed by atoms with van der Waals surface area (Å²) in [7, 11) is 1.32. The third-order valence-electron chi connectivity index (χ3n) is 4.87. The van der Waals surface area contributed by atoms with Gasteiger partial charge in [0.1, 0.15) is 0 Å². The highest BCUT2D eigenvalue weighted by Gasteiger charge is 2.24. The Morgan fingerprint density at radius 2 is 1.93 bits per heavy atom. The molecular weight excluding hydrogens is 372 g/mol. The highest BCUT2D eigenvalue weighted by molar-refractivity contribution is 5.67. The Hall–Kier alpha value is -2.94. The highest BCUT2D eigenvalue weighted by Crippen LogP contribution is 2.23. The molecule has 2 aromatic rings. The molecule has 7 nitrogen and oxygen atoms in total. The van der Waals surface area contributed by atoms with Gasteiger partial charge in [0.05, 0.1) is 7.11 Å². The Balaban J connectivity index is 1.81. The molecule has 1 aliphatic rings. The van der Waals surface area contributed by atoms with Gasteiger partial charge in [0.25, 0.3) is 5.56 Å². The zero-order chi connectivity index (χ0) is 20.3. The average molecular weight is 393 g/mol. The largest absolute Gasteiger partial charge is 0.503 e. The molecule has 1 saturated heterocycles. The molecule has 0 unspecified atom stereocenters. The molecule has 1 fully saturated rings. The second kappa shape index (κ2) is 8.39. The second-order valence-electron chi connectivity index (χ2n) is 6.59. The van der Waals surface area contributed by atoms with E-state index in [0.717, 1.165) is 6.07 Å². The number of ether oxygens (including phenoxy) is 1. The van der Waals surface area contributed by atoms with Crippen molar-refractivity contribution in [1.29, 1.82) is 0 Å². The summed E-state index contributed by atoms with van der Waals surface area (Å²) in [4.78, 5) is 29.4. The molecule has 1 aliphatic heterocycles. The first kappa shape index (κ1) is 19.8. The molecule has 150 valence electrons. The lowest BCUT2D eigenvalue weighted by Crippen LogP contribution is -2.48. The van der Waals surface area contributed by atoms with Crippen LogP contribution in [-0.2, 0) is 17.7 Å². The molecular formula is C19H21F2N3O4. The zero-order valence-corrected chi connectivity index (χ0v) is 15.4. The van der Waals surface area contributed by atoms with Crippen LogP contribution in [0.4, 0.5) is 13.6 Å². The number of hydrogen-bond acceptors (Lipinski definition) is 5. The number of amides is 1. The van der Waals surface area contributed by atoms with E-state index in [1.54, 1.807) is 4.90 Å². The maximum Gasteiger partial charge on any atom is 0.409 e. The number of methoxy groups -OCH3 is 1. The van der Waals surface area contributed by atoms with Gasteiger partial charge in [-0.1, -0.05) is 12.1 Å². The summed E-state index contributed by atoms with van der Waals surface area (Å²) in [6, 6.07) is 3.90. The van der Waals surface area contributed by atoms with Crippen molar-refractivity contribution in [1.82, 2.24) is 14.8 Å².